The number of hydrogen-bond donors (Lipinski definition) is 1. The fraction of sp³-hybridized carbons (Fsp3) is 0.125. The fourth-order valence-corrected chi connectivity index (χ4v) is 2.58. The minimum Gasteiger partial charge on any atom is -0.360 e. The van der Waals surface area contributed by atoms with Crippen molar-refractivity contribution in [1.82, 2.24) is 29.1 Å². The number of fused-ring (bicyclic) bond motifs is 1. The van der Waals surface area contributed by atoms with Crippen molar-refractivity contribution < 1.29 is 0 Å². The summed E-state index contributed by atoms with van der Waals surface area (Å²) in [7, 11) is 0. The third kappa shape index (κ3) is 2.42. The lowest BCUT2D eigenvalue weighted by molar-refractivity contribution is 0.751. The van der Waals surface area contributed by atoms with Gasteiger partial charge in [0, 0.05) is 24.3 Å². The Morgan fingerprint density at radius 2 is 1.87 bits per heavy atom. The SMILES string of the molecule is CC(Nc1ccnc2ncnn12)c1nccn1-c1ccccc1. The van der Waals surface area contributed by atoms with Crippen LogP contribution in [0.1, 0.15) is 18.8 Å². The minimum absolute atomic E-state index is 0.0139. The minimum atomic E-state index is -0.0139. The van der Waals surface area contributed by atoms with Gasteiger partial charge in [0.2, 0.25) is 0 Å². The van der Waals surface area contributed by atoms with Gasteiger partial charge in [-0.15, -0.1) is 0 Å². The molecule has 4 aromatic rings. The number of rotatable bonds is 4. The Balaban J connectivity index is 1.67. The van der Waals surface area contributed by atoms with Crippen LogP contribution in [0.4, 0.5) is 5.82 Å². The fourth-order valence-electron chi connectivity index (χ4n) is 2.58. The molecule has 0 saturated heterocycles. The number of nitrogens with one attached hydrogen (secondary N) is 1. The van der Waals surface area contributed by atoms with Gasteiger partial charge in [-0.1, -0.05) is 18.2 Å². The lowest BCUT2D eigenvalue weighted by Gasteiger charge is -2.17. The van der Waals surface area contributed by atoms with Gasteiger partial charge in [-0.05, 0) is 25.1 Å². The number of anilines is 1. The molecule has 0 saturated carbocycles. The predicted octanol–water partition coefficient (Wildman–Crippen LogP) is 2.48. The Hall–Kier alpha value is -3.22. The van der Waals surface area contributed by atoms with Gasteiger partial charge in [0.1, 0.15) is 18.0 Å². The molecule has 23 heavy (non-hydrogen) atoms. The Labute approximate surface area is 132 Å². The number of para-hydroxylation sites is 1. The summed E-state index contributed by atoms with van der Waals surface area (Å²) in [6.45, 7) is 2.06. The van der Waals surface area contributed by atoms with Crippen LogP contribution in [0.2, 0.25) is 0 Å². The maximum absolute atomic E-state index is 4.50. The van der Waals surface area contributed by atoms with Crippen LogP contribution in [-0.2, 0) is 0 Å². The molecule has 0 bridgehead atoms. The predicted molar refractivity (Wildman–Crippen MR) is 86.4 cm³/mol. The van der Waals surface area contributed by atoms with Crippen molar-refractivity contribution >= 4 is 11.6 Å². The van der Waals surface area contributed by atoms with E-state index in [0.29, 0.717) is 5.78 Å². The number of aromatic nitrogens is 6. The van der Waals surface area contributed by atoms with Gasteiger partial charge in [0.05, 0.1) is 6.04 Å². The van der Waals surface area contributed by atoms with Crippen molar-refractivity contribution in [3.8, 4) is 5.69 Å². The van der Waals surface area contributed by atoms with Crippen LogP contribution in [0.5, 0.6) is 0 Å². The first kappa shape index (κ1) is 13.4. The first-order valence-corrected chi connectivity index (χ1v) is 7.33. The van der Waals surface area contributed by atoms with E-state index < -0.39 is 0 Å². The Kier molecular flexibility index (Phi) is 3.23. The third-order valence-electron chi connectivity index (χ3n) is 3.64. The highest BCUT2D eigenvalue weighted by molar-refractivity contribution is 5.44. The van der Waals surface area contributed by atoms with E-state index in [1.165, 1.54) is 6.33 Å². The largest absolute Gasteiger partial charge is 0.360 e. The molecule has 0 aliphatic rings. The van der Waals surface area contributed by atoms with Crippen molar-refractivity contribution in [2.24, 2.45) is 0 Å². The number of nitrogens with zero attached hydrogens (tertiary/aromatic N) is 6. The molecule has 1 atom stereocenters. The van der Waals surface area contributed by atoms with Crippen LogP contribution in [0, 0.1) is 0 Å². The molecule has 1 unspecified atom stereocenters. The highest BCUT2D eigenvalue weighted by Crippen LogP contribution is 2.20. The average Bonchev–Trinajstić information content (AvgIpc) is 3.25. The van der Waals surface area contributed by atoms with Gasteiger partial charge in [-0.3, -0.25) is 0 Å². The van der Waals surface area contributed by atoms with E-state index >= 15 is 0 Å². The molecule has 7 nitrogen and oxygen atoms in total. The molecular weight excluding hydrogens is 290 g/mol. The maximum atomic E-state index is 4.50. The van der Waals surface area contributed by atoms with Gasteiger partial charge < -0.3 is 9.88 Å². The lowest BCUT2D eigenvalue weighted by Crippen LogP contribution is -2.15. The molecule has 1 N–H and O–H groups in total. The Bertz CT molecular complexity index is 926. The molecule has 0 aliphatic heterocycles. The molecule has 0 fully saturated rings. The van der Waals surface area contributed by atoms with Crippen LogP contribution in [-0.4, -0.2) is 29.1 Å². The molecule has 3 heterocycles. The van der Waals surface area contributed by atoms with Crippen molar-refractivity contribution in [3.05, 3.63) is 67.1 Å². The Morgan fingerprint density at radius 1 is 1.00 bits per heavy atom. The van der Waals surface area contributed by atoms with E-state index in [2.05, 4.69) is 49.0 Å². The topological polar surface area (TPSA) is 72.9 Å². The van der Waals surface area contributed by atoms with Crippen LogP contribution < -0.4 is 5.32 Å². The number of hydrogen-bond acceptors (Lipinski definition) is 5. The second kappa shape index (κ2) is 5.53. The van der Waals surface area contributed by atoms with Crippen LogP contribution >= 0.6 is 0 Å². The summed E-state index contributed by atoms with van der Waals surface area (Å²) >= 11 is 0. The first-order chi connectivity index (χ1) is 11.3. The molecule has 1 aromatic carbocycles. The quantitative estimate of drug-likeness (QED) is 0.627. The third-order valence-corrected chi connectivity index (χ3v) is 3.64. The van der Waals surface area contributed by atoms with Crippen LogP contribution in [0.3, 0.4) is 0 Å². The van der Waals surface area contributed by atoms with Crippen molar-refractivity contribution in [2.45, 2.75) is 13.0 Å². The molecule has 0 radical (unpaired) electrons. The van der Waals surface area contributed by atoms with E-state index in [1.54, 1.807) is 16.9 Å². The summed E-state index contributed by atoms with van der Waals surface area (Å²) in [4.78, 5) is 12.8. The van der Waals surface area contributed by atoms with Gasteiger partial charge in [0.25, 0.3) is 5.78 Å². The standard InChI is InChI=1S/C16H15N7/c1-12(21-14-7-8-18-16-19-11-20-23(14)16)15-17-9-10-22(15)13-5-3-2-4-6-13/h2-12,21H,1H3. The van der Waals surface area contributed by atoms with Crippen LogP contribution in [0.25, 0.3) is 11.5 Å². The van der Waals surface area contributed by atoms with E-state index in [0.717, 1.165) is 17.3 Å². The second-order valence-corrected chi connectivity index (χ2v) is 5.16. The van der Waals surface area contributed by atoms with Gasteiger partial charge in [-0.2, -0.15) is 14.6 Å². The number of benzene rings is 1. The number of imidazole rings is 1. The molecule has 3 aromatic heterocycles. The average molecular weight is 305 g/mol. The maximum Gasteiger partial charge on any atom is 0.254 e. The van der Waals surface area contributed by atoms with Gasteiger partial charge in [-0.25, -0.2) is 9.97 Å². The molecule has 0 spiro atoms. The first-order valence-electron chi connectivity index (χ1n) is 7.33. The van der Waals surface area contributed by atoms with E-state index in [1.807, 2.05) is 30.5 Å². The summed E-state index contributed by atoms with van der Waals surface area (Å²) in [5.41, 5.74) is 1.08. The lowest BCUT2D eigenvalue weighted by atomic mass is 10.2. The highest BCUT2D eigenvalue weighted by Gasteiger charge is 2.14. The molecule has 114 valence electrons. The zero-order valence-corrected chi connectivity index (χ0v) is 12.5. The highest BCUT2D eigenvalue weighted by atomic mass is 15.4. The van der Waals surface area contributed by atoms with E-state index in [-0.39, 0.29) is 6.04 Å². The molecule has 0 amide bonds. The van der Waals surface area contributed by atoms with Gasteiger partial charge >= 0.3 is 0 Å². The summed E-state index contributed by atoms with van der Waals surface area (Å²) < 4.78 is 3.74. The monoisotopic (exact) mass is 305 g/mol. The summed E-state index contributed by atoms with van der Waals surface area (Å²) in [5, 5.41) is 7.61. The molecule has 4 rings (SSSR count). The van der Waals surface area contributed by atoms with E-state index in [4.69, 9.17) is 0 Å². The molecule has 0 aliphatic carbocycles. The molecule has 7 heteroatoms. The Morgan fingerprint density at radius 3 is 2.74 bits per heavy atom. The second-order valence-electron chi connectivity index (χ2n) is 5.16. The zero-order valence-electron chi connectivity index (χ0n) is 12.5. The summed E-state index contributed by atoms with van der Waals surface area (Å²) in [6.07, 6.45) is 6.96. The van der Waals surface area contributed by atoms with Gasteiger partial charge in [0.15, 0.2) is 0 Å². The summed E-state index contributed by atoms with van der Waals surface area (Å²) in [5.74, 6) is 2.30. The normalized spacial score (nSPS) is 12.4. The summed E-state index contributed by atoms with van der Waals surface area (Å²) in [6, 6.07) is 12.0. The molecular formula is C16H15N7. The zero-order chi connectivity index (χ0) is 15.6. The van der Waals surface area contributed by atoms with Crippen molar-refractivity contribution in [2.75, 3.05) is 5.32 Å². The van der Waals surface area contributed by atoms with Crippen LogP contribution in [0.15, 0.2) is 61.3 Å². The van der Waals surface area contributed by atoms with E-state index in [9.17, 15) is 0 Å². The smallest absolute Gasteiger partial charge is 0.254 e. The van der Waals surface area contributed by atoms with Crippen molar-refractivity contribution in [3.63, 3.8) is 0 Å². The van der Waals surface area contributed by atoms with Crippen molar-refractivity contribution in [1.29, 1.82) is 0 Å².